The van der Waals surface area contributed by atoms with Gasteiger partial charge in [-0.15, -0.1) is 0 Å². The Kier molecular flexibility index (Phi) is 4.43. The van der Waals surface area contributed by atoms with Crippen LogP contribution in [-0.4, -0.2) is 36.6 Å². The van der Waals surface area contributed by atoms with Crippen LogP contribution >= 0.6 is 0 Å². The van der Waals surface area contributed by atoms with Crippen molar-refractivity contribution in [1.82, 2.24) is 0 Å². The number of carbonyl (C=O) groups excluding carboxylic acids is 1. The van der Waals surface area contributed by atoms with Crippen LogP contribution in [0.1, 0.15) is 13.3 Å². The molecule has 1 atom stereocenters. The lowest BCUT2D eigenvalue weighted by molar-refractivity contribution is -0.141. The molecule has 1 heterocycles. The molecular weight excluding hydrogens is 270 g/mol. The fraction of sp³-hybridized carbons (Fsp3) is 0.400. The minimum absolute atomic E-state index is 0.0482. The highest BCUT2D eigenvalue weighted by Gasteiger charge is 2.34. The molecule has 1 amide bonds. The topological polar surface area (TPSA) is 84.6 Å². The lowest BCUT2D eigenvalue weighted by Gasteiger charge is -2.21. The third-order valence-electron chi connectivity index (χ3n) is 3.64. The number of hydrogen-bond acceptors (Lipinski definition) is 4. The van der Waals surface area contributed by atoms with Crippen LogP contribution in [0.2, 0.25) is 0 Å². The van der Waals surface area contributed by atoms with Gasteiger partial charge in [0.25, 0.3) is 0 Å². The summed E-state index contributed by atoms with van der Waals surface area (Å²) in [7, 11) is 0. The van der Waals surface area contributed by atoms with Crippen molar-refractivity contribution in [3.05, 3.63) is 24.3 Å². The largest absolute Gasteiger partial charge is 0.481 e. The zero-order chi connectivity index (χ0) is 15.4. The Bertz CT molecular complexity index is 577. The number of rotatable bonds is 5. The minimum atomic E-state index is -0.936. The molecule has 0 spiro atoms. The average molecular weight is 287 g/mol. The number of anilines is 2. The van der Waals surface area contributed by atoms with E-state index in [0.717, 1.165) is 12.2 Å². The first-order valence-corrected chi connectivity index (χ1v) is 6.82. The maximum atomic E-state index is 11.9. The first-order valence-electron chi connectivity index (χ1n) is 6.82. The summed E-state index contributed by atoms with van der Waals surface area (Å²) in [6, 6.07) is 9.38. The first kappa shape index (κ1) is 14.9. The molecule has 0 radical (unpaired) electrons. The van der Waals surface area contributed by atoms with Crippen molar-refractivity contribution in [2.45, 2.75) is 13.3 Å². The van der Waals surface area contributed by atoms with E-state index in [-0.39, 0.29) is 18.9 Å². The van der Waals surface area contributed by atoms with Gasteiger partial charge in [0.05, 0.1) is 12.0 Å². The molecule has 1 N–H and O–H groups in total. The predicted octanol–water partition coefficient (Wildman–Crippen LogP) is 1.47. The maximum absolute atomic E-state index is 11.9. The normalized spacial score (nSPS) is 17.6. The smallest absolute Gasteiger partial charge is 0.308 e. The summed E-state index contributed by atoms with van der Waals surface area (Å²) in [6.45, 7) is 3.20. The summed E-state index contributed by atoms with van der Waals surface area (Å²) in [5.74, 6) is -1.74. The highest BCUT2D eigenvalue weighted by molar-refractivity contribution is 5.99. The lowest BCUT2D eigenvalue weighted by atomic mass is 10.1. The van der Waals surface area contributed by atoms with Crippen molar-refractivity contribution in [3.63, 3.8) is 0 Å². The molecule has 1 aliphatic rings. The van der Waals surface area contributed by atoms with Crippen LogP contribution in [0.5, 0.6) is 0 Å². The van der Waals surface area contributed by atoms with Gasteiger partial charge >= 0.3 is 5.97 Å². The molecule has 6 nitrogen and oxygen atoms in total. The number of hydrogen-bond donors (Lipinski definition) is 1. The number of carboxylic acids is 1. The molecule has 0 aliphatic carbocycles. The second-order valence-electron chi connectivity index (χ2n) is 4.93. The molecule has 0 bridgehead atoms. The second-order valence-corrected chi connectivity index (χ2v) is 4.93. The molecular formula is C15H17N3O3. The summed E-state index contributed by atoms with van der Waals surface area (Å²) in [4.78, 5) is 26.3. The third kappa shape index (κ3) is 3.14. The molecule has 0 aromatic heterocycles. The van der Waals surface area contributed by atoms with Crippen LogP contribution in [0, 0.1) is 17.2 Å². The number of carbonyl (C=O) groups is 2. The quantitative estimate of drug-likeness (QED) is 0.829. The van der Waals surface area contributed by atoms with Crippen LogP contribution in [0.3, 0.4) is 0 Å². The number of nitriles is 1. The second kappa shape index (κ2) is 6.27. The molecule has 21 heavy (non-hydrogen) atoms. The van der Waals surface area contributed by atoms with E-state index in [1.54, 1.807) is 12.1 Å². The van der Waals surface area contributed by atoms with Gasteiger partial charge in [-0.2, -0.15) is 5.26 Å². The summed E-state index contributed by atoms with van der Waals surface area (Å²) in [5, 5.41) is 17.8. The molecule has 1 fully saturated rings. The van der Waals surface area contributed by atoms with Crippen LogP contribution < -0.4 is 9.80 Å². The van der Waals surface area contributed by atoms with Gasteiger partial charge in [0.2, 0.25) is 5.91 Å². The van der Waals surface area contributed by atoms with Crippen molar-refractivity contribution >= 4 is 23.3 Å². The number of benzene rings is 1. The van der Waals surface area contributed by atoms with E-state index in [4.69, 9.17) is 10.4 Å². The predicted molar refractivity (Wildman–Crippen MR) is 78.0 cm³/mol. The fourth-order valence-corrected chi connectivity index (χ4v) is 2.44. The van der Waals surface area contributed by atoms with E-state index in [2.05, 4.69) is 6.07 Å². The Morgan fingerprint density at radius 1 is 1.48 bits per heavy atom. The molecule has 1 aliphatic heterocycles. The van der Waals surface area contributed by atoms with Crippen LogP contribution in [0.4, 0.5) is 11.4 Å². The van der Waals surface area contributed by atoms with E-state index in [9.17, 15) is 9.59 Å². The van der Waals surface area contributed by atoms with Crippen molar-refractivity contribution in [2.24, 2.45) is 5.92 Å². The third-order valence-corrected chi connectivity index (χ3v) is 3.64. The number of nitrogens with zero attached hydrogens (tertiary/aromatic N) is 3. The van der Waals surface area contributed by atoms with Crippen molar-refractivity contribution in [2.75, 3.05) is 29.4 Å². The van der Waals surface area contributed by atoms with Crippen molar-refractivity contribution in [1.29, 1.82) is 5.26 Å². The van der Waals surface area contributed by atoms with E-state index < -0.39 is 11.9 Å². The van der Waals surface area contributed by atoms with Crippen LogP contribution in [0.15, 0.2) is 24.3 Å². The van der Waals surface area contributed by atoms with Crippen LogP contribution in [-0.2, 0) is 9.59 Å². The highest BCUT2D eigenvalue weighted by atomic mass is 16.4. The molecule has 1 unspecified atom stereocenters. The Labute approximate surface area is 123 Å². The first-order chi connectivity index (χ1) is 10.1. The van der Waals surface area contributed by atoms with E-state index in [1.807, 2.05) is 24.0 Å². The standard InChI is InChI=1S/C15H17N3O3/c1-2-17(8-7-16)12-3-5-13(6-4-12)18-10-11(15(20)21)9-14(18)19/h3-6,11H,2,8-10H2,1H3,(H,20,21). The molecule has 1 aromatic rings. The summed E-state index contributed by atoms with van der Waals surface area (Å²) < 4.78 is 0. The SMILES string of the molecule is CCN(CC#N)c1ccc(N2CC(C(=O)O)CC2=O)cc1. The molecule has 1 saturated heterocycles. The highest BCUT2D eigenvalue weighted by Crippen LogP contribution is 2.27. The van der Waals surface area contributed by atoms with Gasteiger partial charge in [-0.1, -0.05) is 0 Å². The molecule has 2 rings (SSSR count). The Morgan fingerprint density at radius 2 is 2.14 bits per heavy atom. The zero-order valence-corrected chi connectivity index (χ0v) is 11.8. The number of amides is 1. The zero-order valence-electron chi connectivity index (χ0n) is 11.8. The van der Waals surface area contributed by atoms with E-state index in [0.29, 0.717) is 12.2 Å². The fourth-order valence-electron chi connectivity index (χ4n) is 2.44. The van der Waals surface area contributed by atoms with Crippen LogP contribution in [0.25, 0.3) is 0 Å². The van der Waals surface area contributed by atoms with Gasteiger partial charge in [0.15, 0.2) is 0 Å². The van der Waals surface area contributed by atoms with Gasteiger partial charge in [0.1, 0.15) is 6.54 Å². The maximum Gasteiger partial charge on any atom is 0.308 e. The minimum Gasteiger partial charge on any atom is -0.481 e. The molecule has 110 valence electrons. The number of carboxylic acid groups (broad SMARTS) is 1. The van der Waals surface area contributed by atoms with E-state index in [1.165, 1.54) is 4.90 Å². The average Bonchev–Trinajstić information content (AvgIpc) is 2.87. The summed E-state index contributed by atoms with van der Waals surface area (Å²) >= 11 is 0. The summed E-state index contributed by atoms with van der Waals surface area (Å²) in [6.07, 6.45) is 0.0482. The van der Waals surface area contributed by atoms with Gasteiger partial charge in [-0.3, -0.25) is 9.59 Å². The van der Waals surface area contributed by atoms with Gasteiger partial charge in [0, 0.05) is 30.9 Å². The Balaban J connectivity index is 2.14. The molecule has 6 heteroatoms. The molecule has 1 aromatic carbocycles. The van der Waals surface area contributed by atoms with Gasteiger partial charge in [-0.05, 0) is 31.2 Å². The van der Waals surface area contributed by atoms with Gasteiger partial charge in [-0.25, -0.2) is 0 Å². The number of aliphatic carboxylic acids is 1. The monoisotopic (exact) mass is 287 g/mol. The van der Waals surface area contributed by atoms with Crippen molar-refractivity contribution in [3.8, 4) is 6.07 Å². The van der Waals surface area contributed by atoms with E-state index >= 15 is 0 Å². The Hall–Kier alpha value is -2.55. The lowest BCUT2D eigenvalue weighted by Crippen LogP contribution is -2.26. The van der Waals surface area contributed by atoms with Crippen molar-refractivity contribution < 1.29 is 14.7 Å². The summed E-state index contributed by atoms with van der Waals surface area (Å²) in [5.41, 5.74) is 1.60. The van der Waals surface area contributed by atoms with Gasteiger partial charge < -0.3 is 14.9 Å². The molecule has 0 saturated carbocycles. The Morgan fingerprint density at radius 3 is 2.62 bits per heavy atom.